The first-order valence-electron chi connectivity index (χ1n) is 9.25. The van der Waals surface area contributed by atoms with Gasteiger partial charge < -0.3 is 20.1 Å². The number of carbonyl (C=O) groups is 2. The minimum atomic E-state index is -3.66. The minimum absolute atomic E-state index is 0.0590. The fourth-order valence-corrected chi connectivity index (χ4v) is 3.39. The molecule has 0 radical (unpaired) electrons. The second-order valence-electron chi connectivity index (χ2n) is 6.14. The summed E-state index contributed by atoms with van der Waals surface area (Å²) in [6.07, 6.45) is 0. The molecule has 0 aliphatic rings. The molecular formula is C20H25N3O6S. The summed E-state index contributed by atoms with van der Waals surface area (Å²) < 4.78 is 36.8. The topological polar surface area (TPSA) is 123 Å². The van der Waals surface area contributed by atoms with Crippen molar-refractivity contribution >= 4 is 27.5 Å². The van der Waals surface area contributed by atoms with E-state index < -0.39 is 10.0 Å². The number of nitrogens with one attached hydrogen (secondary N) is 3. The third kappa shape index (κ3) is 7.14. The molecule has 0 aliphatic carbocycles. The van der Waals surface area contributed by atoms with Crippen LogP contribution in [0.3, 0.4) is 0 Å². The monoisotopic (exact) mass is 435 g/mol. The maximum absolute atomic E-state index is 12.4. The molecule has 0 spiro atoms. The normalized spacial score (nSPS) is 11.0. The van der Waals surface area contributed by atoms with Gasteiger partial charge in [-0.15, -0.1) is 0 Å². The number of anilines is 1. The Morgan fingerprint density at radius 3 is 2.27 bits per heavy atom. The predicted molar refractivity (Wildman–Crippen MR) is 112 cm³/mol. The van der Waals surface area contributed by atoms with Crippen LogP contribution in [0.15, 0.2) is 53.4 Å². The van der Waals surface area contributed by atoms with E-state index in [1.54, 1.807) is 24.3 Å². The number of sulfonamides is 1. The Hall–Kier alpha value is -2.95. The number of ether oxygens (including phenoxy) is 2. The highest BCUT2D eigenvalue weighted by molar-refractivity contribution is 7.89. The molecule has 9 nitrogen and oxygen atoms in total. The molecule has 30 heavy (non-hydrogen) atoms. The number of methoxy groups -OCH3 is 1. The molecule has 2 rings (SSSR count). The molecule has 2 aromatic rings. The summed E-state index contributed by atoms with van der Waals surface area (Å²) in [6.45, 7) is 2.68. The van der Waals surface area contributed by atoms with E-state index in [-0.39, 0.29) is 36.5 Å². The van der Waals surface area contributed by atoms with Crippen molar-refractivity contribution in [2.24, 2.45) is 0 Å². The van der Waals surface area contributed by atoms with Gasteiger partial charge in [-0.1, -0.05) is 0 Å². The number of amides is 2. The van der Waals surface area contributed by atoms with Crippen LogP contribution < -0.4 is 20.1 Å². The van der Waals surface area contributed by atoms with Crippen LogP contribution in [0.1, 0.15) is 17.3 Å². The van der Waals surface area contributed by atoms with Crippen LogP contribution in [0.25, 0.3) is 0 Å². The zero-order chi connectivity index (χ0) is 22.0. The maximum Gasteiger partial charge on any atom is 0.257 e. The lowest BCUT2D eigenvalue weighted by molar-refractivity contribution is -0.122. The fourth-order valence-electron chi connectivity index (χ4n) is 2.38. The van der Waals surface area contributed by atoms with Gasteiger partial charge in [0.2, 0.25) is 10.0 Å². The molecule has 0 bridgehead atoms. The third-order valence-corrected chi connectivity index (χ3v) is 5.36. The summed E-state index contributed by atoms with van der Waals surface area (Å²) in [5, 5.41) is 5.34. The van der Waals surface area contributed by atoms with Gasteiger partial charge in [0, 0.05) is 31.5 Å². The van der Waals surface area contributed by atoms with E-state index in [4.69, 9.17) is 9.47 Å². The molecule has 0 saturated heterocycles. The number of hydrogen-bond donors (Lipinski definition) is 3. The average molecular weight is 436 g/mol. The van der Waals surface area contributed by atoms with E-state index in [0.29, 0.717) is 23.5 Å². The third-order valence-electron chi connectivity index (χ3n) is 3.88. The lowest BCUT2D eigenvalue weighted by Crippen LogP contribution is -2.28. The van der Waals surface area contributed by atoms with Gasteiger partial charge in [-0.3, -0.25) is 9.59 Å². The van der Waals surface area contributed by atoms with Gasteiger partial charge in [0.15, 0.2) is 6.61 Å². The fraction of sp³-hybridized carbons (Fsp3) is 0.300. The highest BCUT2D eigenvalue weighted by Crippen LogP contribution is 2.17. The summed E-state index contributed by atoms with van der Waals surface area (Å²) in [6, 6.07) is 12.2. The van der Waals surface area contributed by atoms with Gasteiger partial charge >= 0.3 is 0 Å². The van der Waals surface area contributed by atoms with Crippen molar-refractivity contribution in [1.82, 2.24) is 10.0 Å². The van der Waals surface area contributed by atoms with Gasteiger partial charge in [0.05, 0.1) is 11.5 Å². The number of benzene rings is 2. The minimum Gasteiger partial charge on any atom is -0.484 e. The molecule has 0 heterocycles. The van der Waals surface area contributed by atoms with Crippen LogP contribution in [-0.2, 0) is 19.6 Å². The summed E-state index contributed by atoms with van der Waals surface area (Å²) >= 11 is 0. The van der Waals surface area contributed by atoms with Crippen LogP contribution >= 0.6 is 0 Å². The maximum atomic E-state index is 12.4. The average Bonchev–Trinajstić information content (AvgIpc) is 2.73. The summed E-state index contributed by atoms with van der Waals surface area (Å²) in [7, 11) is -2.18. The lowest BCUT2D eigenvalue weighted by atomic mass is 10.2. The predicted octanol–water partition coefficient (Wildman–Crippen LogP) is 1.38. The Morgan fingerprint density at radius 1 is 1.00 bits per heavy atom. The summed E-state index contributed by atoms with van der Waals surface area (Å²) in [5.41, 5.74) is 0.839. The van der Waals surface area contributed by atoms with E-state index in [0.717, 1.165) is 0 Å². The zero-order valence-corrected chi connectivity index (χ0v) is 17.6. The Balaban J connectivity index is 1.93. The van der Waals surface area contributed by atoms with E-state index in [9.17, 15) is 18.0 Å². The second kappa shape index (κ2) is 11.3. The molecule has 10 heteroatoms. The van der Waals surface area contributed by atoms with Gasteiger partial charge in [-0.25, -0.2) is 13.1 Å². The van der Waals surface area contributed by atoms with Crippen molar-refractivity contribution in [2.75, 3.05) is 38.7 Å². The van der Waals surface area contributed by atoms with E-state index in [1.165, 1.54) is 31.4 Å². The van der Waals surface area contributed by atoms with E-state index in [2.05, 4.69) is 15.4 Å². The van der Waals surface area contributed by atoms with E-state index in [1.807, 2.05) is 6.92 Å². The molecule has 0 aliphatic heterocycles. The standard InChI is InChI=1S/C20H25N3O6S/c1-3-21-19(24)14-29-17-8-6-16(7-9-17)23-20(25)15-4-10-18(11-5-15)30(26,27)22-12-13-28-2/h4-11,22H,3,12-14H2,1-2H3,(H,21,24)(H,23,25). The van der Waals surface area contributed by atoms with Gasteiger partial charge in [-0.2, -0.15) is 0 Å². The molecule has 0 atom stereocenters. The highest BCUT2D eigenvalue weighted by atomic mass is 32.2. The molecule has 3 N–H and O–H groups in total. The quantitative estimate of drug-likeness (QED) is 0.458. The molecule has 0 saturated carbocycles. The van der Waals surface area contributed by atoms with Gasteiger partial charge in [-0.05, 0) is 55.5 Å². The molecule has 0 aromatic heterocycles. The van der Waals surface area contributed by atoms with Crippen molar-refractivity contribution in [2.45, 2.75) is 11.8 Å². The smallest absolute Gasteiger partial charge is 0.257 e. The molecule has 162 valence electrons. The van der Waals surface area contributed by atoms with Crippen LogP contribution in [0, 0.1) is 0 Å². The first kappa shape index (κ1) is 23.3. The Morgan fingerprint density at radius 2 is 1.67 bits per heavy atom. The molecule has 0 unspecified atom stereocenters. The largest absolute Gasteiger partial charge is 0.484 e. The lowest BCUT2D eigenvalue weighted by Gasteiger charge is -2.09. The van der Waals surface area contributed by atoms with Crippen molar-refractivity contribution in [3.8, 4) is 5.75 Å². The first-order valence-corrected chi connectivity index (χ1v) is 10.7. The Labute approximate surface area is 175 Å². The number of likely N-dealkylation sites (N-methyl/N-ethyl adjacent to an activating group) is 1. The molecule has 0 fully saturated rings. The SMILES string of the molecule is CCNC(=O)COc1ccc(NC(=O)c2ccc(S(=O)(=O)NCCOC)cc2)cc1. The van der Waals surface area contributed by atoms with Crippen LogP contribution in [-0.4, -0.2) is 53.6 Å². The van der Waals surface area contributed by atoms with E-state index >= 15 is 0 Å². The highest BCUT2D eigenvalue weighted by Gasteiger charge is 2.14. The zero-order valence-electron chi connectivity index (χ0n) is 16.8. The first-order chi connectivity index (χ1) is 14.4. The van der Waals surface area contributed by atoms with Gasteiger partial charge in [0.25, 0.3) is 11.8 Å². The van der Waals surface area contributed by atoms with Crippen LogP contribution in [0.5, 0.6) is 5.75 Å². The number of hydrogen-bond acceptors (Lipinski definition) is 6. The number of carbonyl (C=O) groups excluding carboxylic acids is 2. The van der Waals surface area contributed by atoms with Crippen LogP contribution in [0.2, 0.25) is 0 Å². The summed E-state index contributed by atoms with van der Waals surface area (Å²) in [5.74, 6) is -0.105. The molecule has 2 amide bonds. The Bertz CT molecular complexity index is 944. The second-order valence-corrected chi connectivity index (χ2v) is 7.90. The van der Waals surface area contributed by atoms with Crippen molar-refractivity contribution < 1.29 is 27.5 Å². The summed E-state index contributed by atoms with van der Waals surface area (Å²) in [4.78, 5) is 23.8. The molecular weight excluding hydrogens is 410 g/mol. The van der Waals surface area contributed by atoms with Crippen molar-refractivity contribution in [3.05, 3.63) is 54.1 Å². The number of rotatable bonds is 11. The van der Waals surface area contributed by atoms with Gasteiger partial charge in [0.1, 0.15) is 5.75 Å². The molecule has 2 aromatic carbocycles. The van der Waals surface area contributed by atoms with Crippen LogP contribution in [0.4, 0.5) is 5.69 Å². The van der Waals surface area contributed by atoms with Crippen molar-refractivity contribution in [3.63, 3.8) is 0 Å². The Kier molecular flexibility index (Phi) is 8.78. The van der Waals surface area contributed by atoms with Crippen molar-refractivity contribution in [1.29, 1.82) is 0 Å².